The van der Waals surface area contributed by atoms with Crippen LogP contribution in [0.4, 0.5) is 8.78 Å². The van der Waals surface area contributed by atoms with Crippen LogP contribution in [0.3, 0.4) is 0 Å². The van der Waals surface area contributed by atoms with Gasteiger partial charge < -0.3 is 0 Å². The molecule has 2 atom stereocenters. The highest BCUT2D eigenvalue weighted by molar-refractivity contribution is 7.91. The highest BCUT2D eigenvalue weighted by Crippen LogP contribution is 2.56. The molecule has 0 radical (unpaired) electrons. The van der Waals surface area contributed by atoms with Crippen molar-refractivity contribution in [1.29, 1.82) is 0 Å². The first-order valence-electron chi connectivity index (χ1n) is 13.8. The van der Waals surface area contributed by atoms with Crippen molar-refractivity contribution in [3.8, 4) is 22.5 Å². The Morgan fingerprint density at radius 3 is 2.44 bits per heavy atom. The zero-order chi connectivity index (χ0) is 29.6. The van der Waals surface area contributed by atoms with Gasteiger partial charge in [-0.1, -0.05) is 33.8 Å². The first kappa shape index (κ1) is 28.9. The summed E-state index contributed by atoms with van der Waals surface area (Å²) >= 11 is 0. The van der Waals surface area contributed by atoms with Crippen molar-refractivity contribution in [3.05, 3.63) is 77.6 Å². The highest BCUT2D eigenvalue weighted by Gasteiger charge is 2.52. The van der Waals surface area contributed by atoms with Crippen molar-refractivity contribution in [2.45, 2.75) is 65.3 Å². The number of fused-ring (bicyclic) bond motifs is 1. The van der Waals surface area contributed by atoms with Crippen LogP contribution in [0.5, 0.6) is 0 Å². The van der Waals surface area contributed by atoms with Gasteiger partial charge in [0.2, 0.25) is 0 Å². The highest BCUT2D eigenvalue weighted by atomic mass is 32.2. The Labute approximate surface area is 239 Å². The molecule has 3 heterocycles. The van der Waals surface area contributed by atoms with Gasteiger partial charge in [-0.2, -0.15) is 10.2 Å². The fraction of sp³-hybridized carbons (Fsp3) is 0.433. The van der Waals surface area contributed by atoms with Gasteiger partial charge in [-0.15, -0.1) is 5.10 Å². The number of sulfone groups is 1. The molecule has 0 amide bonds. The number of rotatable bonds is 8. The lowest BCUT2D eigenvalue weighted by molar-refractivity contribution is 0.152. The van der Waals surface area contributed by atoms with Crippen LogP contribution in [0.2, 0.25) is 0 Å². The molecule has 8 nitrogen and oxygen atoms in total. The van der Waals surface area contributed by atoms with Crippen LogP contribution in [0.1, 0.15) is 70.3 Å². The molecule has 41 heavy (non-hydrogen) atoms. The van der Waals surface area contributed by atoms with Gasteiger partial charge in [0.15, 0.2) is 9.84 Å². The largest absolute Gasteiger partial charge is 0.271 e. The zero-order valence-corrected chi connectivity index (χ0v) is 24.7. The Bertz CT molecular complexity index is 1680. The molecular formula is C30H34F2N6O2S. The van der Waals surface area contributed by atoms with Crippen LogP contribution < -0.4 is 0 Å². The van der Waals surface area contributed by atoms with Gasteiger partial charge >= 0.3 is 0 Å². The molecule has 0 saturated carbocycles. The van der Waals surface area contributed by atoms with Crippen LogP contribution in [-0.4, -0.2) is 49.9 Å². The summed E-state index contributed by atoms with van der Waals surface area (Å²) in [6.45, 7) is 10.4. The van der Waals surface area contributed by atoms with E-state index in [1.165, 1.54) is 18.2 Å². The average molecular weight is 581 g/mol. The first-order chi connectivity index (χ1) is 19.4. The van der Waals surface area contributed by atoms with E-state index >= 15 is 0 Å². The first-order valence-corrected chi connectivity index (χ1v) is 15.6. The Balaban J connectivity index is 1.58. The van der Waals surface area contributed by atoms with Crippen molar-refractivity contribution < 1.29 is 17.2 Å². The topological polar surface area (TPSA) is 104 Å². The smallest absolute Gasteiger partial charge is 0.151 e. The molecule has 4 aromatic rings. The fourth-order valence-corrected chi connectivity index (χ4v) is 6.55. The third-order valence-electron chi connectivity index (χ3n) is 8.71. The van der Waals surface area contributed by atoms with E-state index in [0.717, 1.165) is 18.4 Å². The summed E-state index contributed by atoms with van der Waals surface area (Å²) in [5.41, 5.74) is 2.57. The van der Waals surface area contributed by atoms with Gasteiger partial charge in [-0.25, -0.2) is 22.2 Å². The third kappa shape index (κ3) is 5.16. The van der Waals surface area contributed by atoms with E-state index in [0.29, 0.717) is 22.6 Å². The number of aryl methyl sites for hydroxylation is 1. The normalized spacial score (nSPS) is 20.1. The number of hydrogen-bond acceptors (Lipinski definition) is 7. The molecule has 1 aromatic carbocycles. The average Bonchev–Trinajstić information content (AvgIpc) is 3.43. The van der Waals surface area contributed by atoms with Crippen molar-refractivity contribution in [2.24, 2.45) is 5.41 Å². The van der Waals surface area contributed by atoms with Gasteiger partial charge in [0.25, 0.3) is 0 Å². The third-order valence-corrected chi connectivity index (χ3v) is 10.4. The van der Waals surface area contributed by atoms with Crippen LogP contribution in [0.25, 0.3) is 22.5 Å². The minimum atomic E-state index is -3.12. The van der Waals surface area contributed by atoms with E-state index in [-0.39, 0.29) is 40.6 Å². The van der Waals surface area contributed by atoms with Gasteiger partial charge in [-0.3, -0.25) is 9.67 Å². The molecule has 0 bridgehead atoms. The van der Waals surface area contributed by atoms with Crippen molar-refractivity contribution in [2.75, 3.05) is 11.5 Å². The van der Waals surface area contributed by atoms with E-state index in [4.69, 9.17) is 4.98 Å². The Morgan fingerprint density at radius 1 is 1.02 bits per heavy atom. The maximum atomic E-state index is 14.7. The maximum Gasteiger partial charge on any atom is 0.151 e. The van der Waals surface area contributed by atoms with E-state index in [2.05, 4.69) is 48.0 Å². The monoisotopic (exact) mass is 580 g/mol. The quantitative estimate of drug-likeness (QED) is 0.262. The van der Waals surface area contributed by atoms with Crippen molar-refractivity contribution in [1.82, 2.24) is 29.9 Å². The summed E-state index contributed by atoms with van der Waals surface area (Å²) in [5.74, 6) is -1.15. The molecule has 0 spiro atoms. The lowest BCUT2D eigenvalue weighted by Gasteiger charge is -2.50. The molecule has 0 aliphatic heterocycles. The van der Waals surface area contributed by atoms with Crippen LogP contribution >= 0.6 is 0 Å². The summed E-state index contributed by atoms with van der Waals surface area (Å²) in [5, 5.41) is 13.3. The zero-order valence-electron chi connectivity index (χ0n) is 23.9. The van der Waals surface area contributed by atoms with E-state index in [1.54, 1.807) is 42.5 Å². The molecule has 3 aromatic heterocycles. The Hall–Kier alpha value is -3.60. The molecule has 1 aliphatic rings. The molecule has 0 N–H and O–H groups in total. The molecule has 0 saturated heterocycles. The maximum absolute atomic E-state index is 14.7. The van der Waals surface area contributed by atoms with E-state index < -0.39 is 26.9 Å². The van der Waals surface area contributed by atoms with Crippen LogP contribution in [0.15, 0.2) is 49.1 Å². The summed E-state index contributed by atoms with van der Waals surface area (Å²) in [4.78, 5) is 9.52. The lowest BCUT2D eigenvalue weighted by Crippen LogP contribution is -2.47. The summed E-state index contributed by atoms with van der Waals surface area (Å²) in [6, 6.07) is 5.54. The van der Waals surface area contributed by atoms with E-state index in [9.17, 15) is 17.2 Å². The van der Waals surface area contributed by atoms with Crippen molar-refractivity contribution in [3.63, 3.8) is 0 Å². The number of benzene rings is 1. The van der Waals surface area contributed by atoms with E-state index in [1.807, 2.05) is 0 Å². The lowest BCUT2D eigenvalue weighted by atomic mass is 9.54. The number of nitrogens with zero attached hydrogens (tertiary/aromatic N) is 6. The van der Waals surface area contributed by atoms with Gasteiger partial charge in [0.1, 0.15) is 11.6 Å². The predicted octanol–water partition coefficient (Wildman–Crippen LogP) is 5.74. The number of aromatic nitrogens is 6. The molecule has 5 rings (SSSR count). The number of halogens is 2. The minimum absolute atomic E-state index is 0.00934. The SMILES string of the molecule is CC[C@@H]1CC(C)(C)[C@@](C)(c2cncc(-c3cnn(CCS(=O)(=O)CC)c3)n2)c2nnc(-c3c(F)cccc3F)cc21. The number of hydrogen-bond donors (Lipinski definition) is 0. The minimum Gasteiger partial charge on any atom is -0.271 e. The predicted molar refractivity (Wildman–Crippen MR) is 153 cm³/mol. The Morgan fingerprint density at radius 2 is 1.76 bits per heavy atom. The van der Waals surface area contributed by atoms with Gasteiger partial charge in [0, 0.05) is 23.7 Å². The summed E-state index contributed by atoms with van der Waals surface area (Å²) in [6.07, 6.45) is 8.42. The molecular weight excluding hydrogens is 546 g/mol. The van der Waals surface area contributed by atoms with Gasteiger partial charge in [0.05, 0.1) is 58.4 Å². The molecule has 0 fully saturated rings. The molecule has 216 valence electrons. The second-order valence-corrected chi connectivity index (χ2v) is 13.9. The van der Waals surface area contributed by atoms with Crippen LogP contribution in [0, 0.1) is 17.0 Å². The summed E-state index contributed by atoms with van der Waals surface area (Å²) in [7, 11) is -3.12. The van der Waals surface area contributed by atoms with Crippen molar-refractivity contribution >= 4 is 9.84 Å². The second kappa shape index (κ2) is 10.7. The Kier molecular flexibility index (Phi) is 7.52. The summed E-state index contributed by atoms with van der Waals surface area (Å²) < 4.78 is 54.8. The molecule has 11 heteroatoms. The molecule has 1 aliphatic carbocycles. The standard InChI is InChI=1S/C30H34F2N6O2S/c1-6-19-14-29(3,4)30(5,28-21(19)13-24(36-37-28)27-22(31)9-8-10-23(27)32)26-17-33-16-25(35-26)20-15-34-38(18-20)11-12-41(39,40)7-2/h8-10,13,15-19H,6-7,11-12,14H2,1-5H3/t19-,30+/m1/s1. The van der Waals surface area contributed by atoms with Gasteiger partial charge in [-0.05, 0) is 54.9 Å². The fourth-order valence-electron chi connectivity index (χ4n) is 5.79. The second-order valence-electron chi connectivity index (χ2n) is 11.5. The molecule has 0 unspecified atom stereocenters. The van der Waals surface area contributed by atoms with Crippen LogP contribution in [-0.2, 0) is 21.8 Å².